The summed E-state index contributed by atoms with van der Waals surface area (Å²) in [4.78, 5) is 20.0. The number of hydrogen-bond acceptors (Lipinski definition) is 7. The summed E-state index contributed by atoms with van der Waals surface area (Å²) in [5.41, 5.74) is 12.2. The first kappa shape index (κ1) is 34.1. The Morgan fingerprint density at radius 3 is 1.59 bits per heavy atom. The lowest BCUT2D eigenvalue weighted by Crippen LogP contribution is -2.21. The summed E-state index contributed by atoms with van der Waals surface area (Å²) in [5, 5.41) is 21.5. The first-order chi connectivity index (χ1) is 29.1. The molecule has 3 aromatic heterocycles. The minimum atomic E-state index is 0.162. The van der Waals surface area contributed by atoms with E-state index in [0.717, 1.165) is 88.6 Å². The molecule has 0 unspecified atom stereocenters. The van der Waals surface area contributed by atoms with Crippen molar-refractivity contribution in [2.45, 2.75) is 0 Å². The topological polar surface area (TPSA) is 112 Å². The van der Waals surface area contributed by atoms with E-state index in [9.17, 15) is 10.8 Å². The van der Waals surface area contributed by atoms with Crippen molar-refractivity contribution in [1.82, 2.24) is 19.9 Å². The number of hydrogen-bond donors (Lipinski definition) is 2. The summed E-state index contributed by atoms with van der Waals surface area (Å²) >= 11 is 0. The van der Waals surface area contributed by atoms with Crippen molar-refractivity contribution >= 4 is 55.9 Å². The van der Waals surface area contributed by atoms with Crippen molar-refractivity contribution in [2.75, 3.05) is 0 Å². The molecule has 276 valence electrons. The fraction of sp³-hybridized carbons (Fsp3) is 0. The number of allylic oxidation sites excluding steroid dienone is 1. The molecule has 1 aliphatic carbocycles. The number of fused-ring (bicyclic) bond motifs is 6. The molecule has 11 rings (SSSR count). The van der Waals surface area contributed by atoms with E-state index in [4.69, 9.17) is 24.4 Å². The average Bonchev–Trinajstić information content (AvgIpc) is 3.69. The van der Waals surface area contributed by atoms with Crippen LogP contribution in [0.15, 0.2) is 180 Å². The lowest BCUT2D eigenvalue weighted by molar-refractivity contribution is 0.670. The molecule has 0 fully saturated rings. The van der Waals surface area contributed by atoms with Crippen molar-refractivity contribution in [2.24, 2.45) is 0 Å². The van der Waals surface area contributed by atoms with Crippen molar-refractivity contribution < 1.29 is 4.42 Å². The molecule has 1 aliphatic rings. The highest BCUT2D eigenvalue weighted by molar-refractivity contribution is 6.64. The van der Waals surface area contributed by atoms with Crippen LogP contribution in [0.3, 0.4) is 0 Å². The summed E-state index contributed by atoms with van der Waals surface area (Å²) in [6.45, 7) is 0. The summed E-state index contributed by atoms with van der Waals surface area (Å²) in [7, 11) is 0. The van der Waals surface area contributed by atoms with Crippen LogP contribution in [0.2, 0.25) is 0 Å². The fourth-order valence-electron chi connectivity index (χ4n) is 8.08. The van der Waals surface area contributed by atoms with E-state index >= 15 is 0 Å². The van der Waals surface area contributed by atoms with Crippen LogP contribution in [0.25, 0.3) is 101 Å². The van der Waals surface area contributed by atoms with Crippen LogP contribution < -0.4 is 0 Å². The Morgan fingerprint density at radius 2 is 0.915 bits per heavy atom. The Morgan fingerprint density at radius 1 is 0.390 bits per heavy atom. The predicted molar refractivity (Wildman–Crippen MR) is 238 cm³/mol. The molecule has 0 spiro atoms. The summed E-state index contributed by atoms with van der Waals surface area (Å²) in [6.07, 6.45) is 2.01. The van der Waals surface area contributed by atoms with Crippen LogP contribution >= 0.6 is 0 Å². The van der Waals surface area contributed by atoms with Gasteiger partial charge in [0.05, 0.1) is 22.6 Å². The zero-order valence-corrected chi connectivity index (χ0v) is 31.5. The van der Waals surface area contributed by atoms with E-state index in [1.807, 2.05) is 146 Å². The molecule has 0 saturated carbocycles. The van der Waals surface area contributed by atoms with Crippen LogP contribution in [0, 0.1) is 10.8 Å². The Bertz CT molecular complexity index is 3330. The normalized spacial score (nSPS) is 12.6. The summed E-state index contributed by atoms with van der Waals surface area (Å²) in [6, 6.07) is 58.4. The SMILES string of the molecule is N=C1C(=N)c2c(c(-c3ccccc3)nc3ccccc23)C=C1c1ccc(-c2nc(-c3ccccc3)nc(-c3ccc(-c4cccc5c4oc4ccccc45)cc3)n2)cc1. The minimum Gasteiger partial charge on any atom is -0.455 e. The molecule has 2 N–H and O–H groups in total. The Hall–Kier alpha value is -8.16. The molecule has 10 aromatic rings. The van der Waals surface area contributed by atoms with Gasteiger partial charge in [0, 0.05) is 60.7 Å². The number of benzene rings is 7. The third-order valence-electron chi connectivity index (χ3n) is 11.0. The second-order valence-electron chi connectivity index (χ2n) is 14.5. The van der Waals surface area contributed by atoms with Gasteiger partial charge < -0.3 is 4.42 Å². The Balaban J connectivity index is 0.981. The molecular formula is C52H32N6O. The summed E-state index contributed by atoms with van der Waals surface area (Å²) in [5.74, 6) is 1.66. The Kier molecular flexibility index (Phi) is 7.98. The van der Waals surface area contributed by atoms with E-state index in [0.29, 0.717) is 23.0 Å². The van der Waals surface area contributed by atoms with E-state index in [-0.39, 0.29) is 11.4 Å². The number of para-hydroxylation sites is 3. The van der Waals surface area contributed by atoms with Gasteiger partial charge >= 0.3 is 0 Å². The van der Waals surface area contributed by atoms with Gasteiger partial charge in [0.15, 0.2) is 17.5 Å². The maximum Gasteiger partial charge on any atom is 0.164 e. The molecule has 0 bridgehead atoms. The van der Waals surface area contributed by atoms with Gasteiger partial charge in [0.2, 0.25) is 0 Å². The van der Waals surface area contributed by atoms with Crippen LogP contribution in [0.1, 0.15) is 16.7 Å². The fourth-order valence-corrected chi connectivity index (χ4v) is 8.08. The summed E-state index contributed by atoms with van der Waals surface area (Å²) < 4.78 is 6.33. The molecule has 0 radical (unpaired) electrons. The first-order valence-corrected chi connectivity index (χ1v) is 19.4. The van der Waals surface area contributed by atoms with E-state index in [2.05, 4.69) is 36.4 Å². The molecule has 7 aromatic carbocycles. The van der Waals surface area contributed by atoms with Crippen molar-refractivity contribution in [3.8, 4) is 56.5 Å². The number of rotatable bonds is 6. The minimum absolute atomic E-state index is 0.162. The van der Waals surface area contributed by atoms with E-state index in [1.54, 1.807) is 0 Å². The zero-order chi connectivity index (χ0) is 39.5. The first-order valence-electron chi connectivity index (χ1n) is 19.4. The average molecular weight is 757 g/mol. The lowest BCUT2D eigenvalue weighted by Gasteiger charge is -2.23. The van der Waals surface area contributed by atoms with Crippen LogP contribution in [-0.4, -0.2) is 31.4 Å². The van der Waals surface area contributed by atoms with Crippen LogP contribution in [0.4, 0.5) is 0 Å². The lowest BCUT2D eigenvalue weighted by atomic mass is 9.82. The molecule has 7 nitrogen and oxygen atoms in total. The number of nitrogens with one attached hydrogen (secondary N) is 2. The van der Waals surface area contributed by atoms with Crippen LogP contribution in [0.5, 0.6) is 0 Å². The molecule has 0 saturated heterocycles. The van der Waals surface area contributed by atoms with Crippen LogP contribution in [-0.2, 0) is 0 Å². The highest BCUT2D eigenvalue weighted by Gasteiger charge is 2.28. The second kappa shape index (κ2) is 13.8. The van der Waals surface area contributed by atoms with Crippen molar-refractivity contribution in [3.63, 3.8) is 0 Å². The number of aromatic nitrogens is 4. The second-order valence-corrected chi connectivity index (χ2v) is 14.5. The molecular weight excluding hydrogens is 725 g/mol. The predicted octanol–water partition coefficient (Wildman–Crippen LogP) is 12.6. The number of nitrogens with zero attached hydrogens (tertiary/aromatic N) is 4. The van der Waals surface area contributed by atoms with Gasteiger partial charge in [-0.3, -0.25) is 10.8 Å². The highest BCUT2D eigenvalue weighted by atomic mass is 16.3. The van der Waals surface area contributed by atoms with Gasteiger partial charge in [-0.25, -0.2) is 19.9 Å². The van der Waals surface area contributed by atoms with E-state index in [1.165, 1.54) is 0 Å². The number of pyridine rings is 1. The molecule has 0 aliphatic heterocycles. The highest BCUT2D eigenvalue weighted by Crippen LogP contribution is 2.39. The Labute approximate surface area is 339 Å². The van der Waals surface area contributed by atoms with E-state index < -0.39 is 0 Å². The maximum atomic E-state index is 9.28. The van der Waals surface area contributed by atoms with Gasteiger partial charge in [-0.05, 0) is 29.3 Å². The monoisotopic (exact) mass is 756 g/mol. The largest absolute Gasteiger partial charge is 0.455 e. The maximum absolute atomic E-state index is 9.28. The van der Waals surface area contributed by atoms with Gasteiger partial charge in [0.25, 0.3) is 0 Å². The van der Waals surface area contributed by atoms with Gasteiger partial charge in [-0.15, -0.1) is 0 Å². The molecule has 59 heavy (non-hydrogen) atoms. The van der Waals surface area contributed by atoms with Gasteiger partial charge in [-0.1, -0.05) is 164 Å². The quantitative estimate of drug-likeness (QED) is 0.175. The smallest absolute Gasteiger partial charge is 0.164 e. The third-order valence-corrected chi connectivity index (χ3v) is 11.0. The number of furan rings is 1. The standard InChI is InChI=1S/C52H32N6O/c53-46-41(30-42-45(47(46)54)40-17-7-9-20-43(40)55-48(42)33-12-3-1-4-13-33)32-24-28-36(29-25-32)52-57-50(34-14-5-2-6-15-34)56-51(58-52)35-26-22-31(23-27-35)37-18-11-19-39-38-16-8-10-21-44(38)59-49(37)39/h1-30,53-54H. The van der Waals surface area contributed by atoms with Gasteiger partial charge in [-0.2, -0.15) is 0 Å². The molecule has 0 amide bonds. The molecule has 7 heteroatoms. The van der Waals surface area contributed by atoms with Crippen molar-refractivity contribution in [3.05, 3.63) is 193 Å². The zero-order valence-electron chi connectivity index (χ0n) is 31.5. The third kappa shape index (κ3) is 5.83. The molecule has 0 atom stereocenters. The molecule has 3 heterocycles. The van der Waals surface area contributed by atoms with Gasteiger partial charge in [0.1, 0.15) is 11.2 Å². The van der Waals surface area contributed by atoms with Crippen molar-refractivity contribution in [1.29, 1.82) is 10.8 Å².